The van der Waals surface area contributed by atoms with Crippen LogP contribution in [0.4, 0.5) is 0 Å². The largest absolute Gasteiger partial charge is 0.481 e. The molecule has 0 aliphatic rings. The number of ketones is 1. The summed E-state index contributed by atoms with van der Waals surface area (Å²) in [4.78, 5) is 20.3. The first-order chi connectivity index (χ1) is 4.04. The number of hydrogen-bond donors (Lipinski definition) is 2. The maximum Gasteiger partial charge on any atom is 0.310 e. The van der Waals surface area contributed by atoms with Crippen LogP contribution >= 0.6 is 0 Å². The minimum atomic E-state index is -1.13. The topological polar surface area (TPSA) is 80.4 Å². The zero-order valence-electron chi connectivity index (χ0n) is 5.13. The lowest BCUT2D eigenvalue weighted by Crippen LogP contribution is -2.28. The number of aliphatic carboxylic acids is 1. The van der Waals surface area contributed by atoms with E-state index in [2.05, 4.69) is 0 Å². The van der Waals surface area contributed by atoms with Gasteiger partial charge in [-0.2, -0.15) is 0 Å². The summed E-state index contributed by atoms with van der Waals surface area (Å²) >= 11 is 0. The Labute approximate surface area is 52.7 Å². The highest BCUT2D eigenvalue weighted by atomic mass is 16.4. The third kappa shape index (κ3) is 3.66. The van der Waals surface area contributed by atoms with E-state index in [9.17, 15) is 9.59 Å². The highest BCUT2D eigenvalue weighted by Crippen LogP contribution is 1.86. The molecule has 4 heteroatoms. The smallest absolute Gasteiger partial charge is 0.310 e. The first kappa shape index (κ1) is 8.10. The van der Waals surface area contributed by atoms with Gasteiger partial charge >= 0.3 is 5.97 Å². The molecule has 0 rings (SSSR count). The minimum absolute atomic E-state index is 0.442. The summed E-state index contributed by atoms with van der Waals surface area (Å²) in [5.74, 6) is -1.57. The Morgan fingerprint density at radius 2 is 2.11 bits per heavy atom. The molecule has 0 amide bonds. The first-order valence-corrected chi connectivity index (χ1v) is 2.54. The predicted octanol–water partition coefficient (Wildman–Crippen LogP) is -0.623. The van der Waals surface area contributed by atoms with Gasteiger partial charge in [-0.3, -0.25) is 9.59 Å². The standard InChI is InChI=1S/C5H9NO3/c1-3(6)4(7)2-5(8)9/h3H,2,6H2,1H3,(H,8,9). The van der Waals surface area contributed by atoms with E-state index in [-0.39, 0.29) is 0 Å². The molecule has 0 aromatic carbocycles. The maximum atomic E-state index is 10.4. The van der Waals surface area contributed by atoms with Crippen LogP contribution in [0.25, 0.3) is 0 Å². The predicted molar refractivity (Wildman–Crippen MR) is 30.9 cm³/mol. The molecule has 0 aliphatic heterocycles. The van der Waals surface area contributed by atoms with Crippen molar-refractivity contribution in [1.82, 2.24) is 0 Å². The van der Waals surface area contributed by atoms with Crippen LogP contribution in [0.15, 0.2) is 0 Å². The van der Waals surface area contributed by atoms with Gasteiger partial charge in [0, 0.05) is 0 Å². The summed E-state index contributed by atoms with van der Waals surface area (Å²) in [5, 5.41) is 8.06. The van der Waals surface area contributed by atoms with Gasteiger partial charge in [0.2, 0.25) is 0 Å². The molecule has 0 aromatic rings. The molecule has 0 aromatic heterocycles. The normalized spacial score (nSPS) is 12.7. The fraction of sp³-hybridized carbons (Fsp3) is 0.600. The molecule has 9 heavy (non-hydrogen) atoms. The number of carboxylic acids is 1. The number of carboxylic acid groups (broad SMARTS) is 1. The molecule has 0 bridgehead atoms. The van der Waals surface area contributed by atoms with Crippen LogP contribution in [0.5, 0.6) is 0 Å². The van der Waals surface area contributed by atoms with E-state index in [1.165, 1.54) is 6.92 Å². The summed E-state index contributed by atoms with van der Waals surface area (Å²) < 4.78 is 0. The Balaban J connectivity index is 3.64. The Morgan fingerprint density at radius 3 is 2.22 bits per heavy atom. The van der Waals surface area contributed by atoms with Gasteiger partial charge in [-0.15, -0.1) is 0 Å². The zero-order chi connectivity index (χ0) is 7.44. The zero-order valence-corrected chi connectivity index (χ0v) is 5.13. The number of hydrogen-bond acceptors (Lipinski definition) is 3. The van der Waals surface area contributed by atoms with Gasteiger partial charge in [0.15, 0.2) is 5.78 Å². The average Bonchev–Trinajstić information content (AvgIpc) is 1.63. The van der Waals surface area contributed by atoms with Crippen molar-refractivity contribution in [1.29, 1.82) is 0 Å². The Hall–Kier alpha value is -0.900. The molecule has 0 saturated carbocycles. The molecule has 0 fully saturated rings. The van der Waals surface area contributed by atoms with Crippen LogP contribution in [0.3, 0.4) is 0 Å². The molecule has 0 spiro atoms. The highest BCUT2D eigenvalue weighted by Gasteiger charge is 2.10. The summed E-state index contributed by atoms with van der Waals surface area (Å²) in [7, 11) is 0. The van der Waals surface area contributed by atoms with Crippen molar-refractivity contribution in [2.45, 2.75) is 19.4 Å². The maximum absolute atomic E-state index is 10.4. The molecule has 0 saturated heterocycles. The Kier molecular flexibility index (Phi) is 2.87. The van der Waals surface area contributed by atoms with Crippen LogP contribution in [0, 0.1) is 0 Å². The van der Waals surface area contributed by atoms with E-state index < -0.39 is 24.2 Å². The van der Waals surface area contributed by atoms with Crippen LogP contribution in [0.1, 0.15) is 13.3 Å². The molecule has 0 heterocycles. The van der Waals surface area contributed by atoms with Crippen LogP contribution in [-0.4, -0.2) is 22.9 Å². The monoisotopic (exact) mass is 131 g/mol. The van der Waals surface area contributed by atoms with E-state index in [1.54, 1.807) is 0 Å². The van der Waals surface area contributed by atoms with Crippen LogP contribution in [0.2, 0.25) is 0 Å². The minimum Gasteiger partial charge on any atom is -0.481 e. The van der Waals surface area contributed by atoms with Crippen molar-refractivity contribution in [3.05, 3.63) is 0 Å². The van der Waals surface area contributed by atoms with Gasteiger partial charge in [-0.25, -0.2) is 0 Å². The molecule has 3 N–H and O–H groups in total. The summed E-state index contributed by atoms with van der Waals surface area (Å²) in [5.41, 5.74) is 5.07. The lowest BCUT2D eigenvalue weighted by atomic mass is 10.2. The van der Waals surface area contributed by atoms with E-state index in [4.69, 9.17) is 10.8 Å². The van der Waals surface area contributed by atoms with Crippen molar-refractivity contribution in [2.75, 3.05) is 0 Å². The number of carbonyl (C=O) groups excluding carboxylic acids is 1. The van der Waals surface area contributed by atoms with E-state index in [0.717, 1.165) is 0 Å². The fourth-order valence-corrected chi connectivity index (χ4v) is 0.310. The summed E-state index contributed by atoms with van der Waals surface area (Å²) in [6.07, 6.45) is -0.475. The molecule has 1 unspecified atom stereocenters. The van der Waals surface area contributed by atoms with Crippen molar-refractivity contribution in [3.63, 3.8) is 0 Å². The molecular formula is C5H9NO3. The van der Waals surface area contributed by atoms with Crippen molar-refractivity contribution in [2.24, 2.45) is 5.73 Å². The lowest BCUT2D eigenvalue weighted by molar-refractivity contribution is -0.140. The fourth-order valence-electron chi connectivity index (χ4n) is 0.310. The van der Waals surface area contributed by atoms with Crippen molar-refractivity contribution < 1.29 is 14.7 Å². The molecule has 0 radical (unpaired) electrons. The Morgan fingerprint density at radius 1 is 1.67 bits per heavy atom. The summed E-state index contributed by atoms with van der Waals surface area (Å²) in [6, 6.07) is -0.666. The molecular weight excluding hydrogens is 122 g/mol. The Bertz CT molecular complexity index is 130. The van der Waals surface area contributed by atoms with Gasteiger partial charge in [0.05, 0.1) is 6.04 Å². The van der Waals surface area contributed by atoms with Gasteiger partial charge < -0.3 is 10.8 Å². The third-order valence-corrected chi connectivity index (χ3v) is 0.833. The van der Waals surface area contributed by atoms with Crippen LogP contribution < -0.4 is 5.73 Å². The second kappa shape index (κ2) is 3.19. The van der Waals surface area contributed by atoms with E-state index in [1.807, 2.05) is 0 Å². The number of carbonyl (C=O) groups is 2. The summed E-state index contributed by atoms with van der Waals surface area (Å²) in [6.45, 7) is 1.46. The first-order valence-electron chi connectivity index (χ1n) is 2.54. The second-order valence-corrected chi connectivity index (χ2v) is 1.83. The molecule has 1 atom stereocenters. The molecule has 4 nitrogen and oxygen atoms in total. The second-order valence-electron chi connectivity index (χ2n) is 1.83. The van der Waals surface area contributed by atoms with Gasteiger partial charge in [-0.05, 0) is 6.92 Å². The average molecular weight is 131 g/mol. The number of nitrogens with two attached hydrogens (primary N) is 1. The quantitative estimate of drug-likeness (QED) is 0.500. The SMILES string of the molecule is CC(N)C(=O)CC(=O)O. The number of rotatable bonds is 3. The molecule has 52 valence electrons. The molecule has 0 aliphatic carbocycles. The number of Topliss-reactive ketones (excluding diaryl/α,β-unsaturated/α-hetero) is 1. The van der Waals surface area contributed by atoms with Gasteiger partial charge in [0.25, 0.3) is 0 Å². The van der Waals surface area contributed by atoms with Crippen molar-refractivity contribution in [3.8, 4) is 0 Å². The van der Waals surface area contributed by atoms with Gasteiger partial charge in [0.1, 0.15) is 6.42 Å². The van der Waals surface area contributed by atoms with E-state index in [0.29, 0.717) is 0 Å². The van der Waals surface area contributed by atoms with Gasteiger partial charge in [-0.1, -0.05) is 0 Å². The van der Waals surface area contributed by atoms with Crippen LogP contribution in [-0.2, 0) is 9.59 Å². The third-order valence-electron chi connectivity index (χ3n) is 0.833. The highest BCUT2D eigenvalue weighted by molar-refractivity contribution is 5.97. The van der Waals surface area contributed by atoms with Crippen molar-refractivity contribution >= 4 is 11.8 Å². The van der Waals surface area contributed by atoms with E-state index >= 15 is 0 Å². The lowest BCUT2D eigenvalue weighted by Gasteiger charge is -1.98.